The molecule has 0 spiro atoms. The minimum absolute atomic E-state index is 3.25. The Bertz CT molecular complexity index is 496. The number of alkyl halides is 6. The van der Waals surface area contributed by atoms with Gasteiger partial charge in [-0.15, -0.1) is 0 Å². The van der Waals surface area contributed by atoms with Crippen molar-refractivity contribution in [3.63, 3.8) is 0 Å². The Balaban J connectivity index is 3.93. The number of hydrogen-bond donors (Lipinski definition) is 4. The highest BCUT2D eigenvalue weighted by molar-refractivity contribution is 7.61. The normalized spacial score (nSPS) is 25.8. The lowest BCUT2D eigenvalue weighted by molar-refractivity contribution is -0.262. The second-order valence-electron chi connectivity index (χ2n) is 3.51. The Hall–Kier alpha value is -0.380. The zero-order valence-electron chi connectivity index (χ0n) is 8.27. The van der Waals surface area contributed by atoms with E-state index < -0.39 is 43.6 Å². The first-order valence-corrected chi connectivity index (χ1v) is 7.22. The average Bonchev–Trinajstić information content (AvgIpc) is 2.18. The van der Waals surface area contributed by atoms with Crippen LogP contribution in [-0.4, -0.2) is 37.3 Å². The molecule has 1 rings (SSSR count). The summed E-state index contributed by atoms with van der Waals surface area (Å²) < 4.78 is 99.1. The Morgan fingerprint density at radius 2 is 0.895 bits per heavy atom. The molecule has 0 saturated heterocycles. The maximum absolute atomic E-state index is 13.0. The number of allylic oxidation sites excluding steroid dienone is 2. The van der Waals surface area contributed by atoms with Gasteiger partial charge in [0.05, 0.1) is 0 Å². The minimum atomic E-state index is -6.47. The molecule has 0 unspecified atom stereocenters. The van der Waals surface area contributed by atoms with Crippen molar-refractivity contribution in [2.24, 2.45) is 0 Å². The van der Waals surface area contributed by atoms with E-state index in [1.54, 1.807) is 0 Å². The highest BCUT2D eigenvalue weighted by Crippen LogP contribution is 2.74. The fraction of sp³-hybridized carbons (Fsp3) is 0.600. The van der Waals surface area contributed by atoms with Gasteiger partial charge in [0.25, 0.3) is 0 Å². The molecule has 4 N–H and O–H groups in total. The third-order valence-corrected chi connectivity index (χ3v) is 4.54. The van der Waals surface area contributed by atoms with Gasteiger partial charge in [0, 0.05) is 0 Å². The minimum Gasteiger partial charge on any atom is -0.321 e. The van der Waals surface area contributed by atoms with Gasteiger partial charge in [-0.2, -0.15) is 26.3 Å². The topological polar surface area (TPSA) is 115 Å². The summed E-state index contributed by atoms with van der Waals surface area (Å²) >= 11 is 0. The van der Waals surface area contributed by atoms with Crippen molar-refractivity contribution in [2.75, 3.05) is 0 Å². The maximum atomic E-state index is 13.0. The van der Waals surface area contributed by atoms with E-state index in [-0.39, 0.29) is 0 Å². The molecular weight excluding hydrogens is 332 g/mol. The fourth-order valence-electron chi connectivity index (χ4n) is 1.43. The van der Waals surface area contributed by atoms with Gasteiger partial charge < -0.3 is 19.6 Å². The van der Waals surface area contributed by atoms with Crippen LogP contribution in [0.4, 0.5) is 26.3 Å². The highest BCUT2D eigenvalue weighted by Gasteiger charge is 2.85. The molecule has 0 atom stereocenters. The van der Waals surface area contributed by atoms with Gasteiger partial charge in [-0.1, -0.05) is 0 Å². The van der Waals surface area contributed by atoms with E-state index in [1.165, 1.54) is 0 Å². The number of rotatable bonds is 2. The standard InChI is InChI=1S/C5H4F6O6P2/c6-3(7)1(18(12,13)14)2(19(15,16)17)4(8,9)5(3,10)11/h(H2,12,13,14)(H2,15,16,17). The zero-order valence-corrected chi connectivity index (χ0v) is 10.1. The summed E-state index contributed by atoms with van der Waals surface area (Å²) in [4.78, 5) is 33.7. The smallest absolute Gasteiger partial charge is 0.321 e. The molecule has 0 amide bonds. The van der Waals surface area contributed by atoms with E-state index in [0.717, 1.165) is 0 Å². The lowest BCUT2D eigenvalue weighted by Crippen LogP contribution is -2.49. The molecular formula is C5H4F6O6P2. The van der Waals surface area contributed by atoms with Gasteiger partial charge in [-0.25, -0.2) is 0 Å². The predicted molar refractivity (Wildman–Crippen MR) is 46.0 cm³/mol. The van der Waals surface area contributed by atoms with Crippen LogP contribution >= 0.6 is 15.2 Å². The van der Waals surface area contributed by atoms with Crippen LogP contribution in [0, 0.1) is 0 Å². The Morgan fingerprint density at radius 1 is 0.684 bits per heavy atom. The van der Waals surface area contributed by atoms with Crippen molar-refractivity contribution in [1.82, 2.24) is 0 Å². The highest BCUT2D eigenvalue weighted by atomic mass is 31.2. The average molecular weight is 336 g/mol. The lowest BCUT2D eigenvalue weighted by Gasteiger charge is -2.25. The summed E-state index contributed by atoms with van der Waals surface area (Å²) in [6, 6.07) is 0. The third-order valence-electron chi connectivity index (χ3n) is 2.19. The second kappa shape index (κ2) is 3.84. The summed E-state index contributed by atoms with van der Waals surface area (Å²) in [5.74, 6) is -18.6. The third kappa shape index (κ3) is 2.07. The van der Waals surface area contributed by atoms with Crippen LogP contribution in [0.5, 0.6) is 0 Å². The summed E-state index contributed by atoms with van der Waals surface area (Å²) in [5, 5.41) is -6.49. The molecule has 0 aromatic rings. The van der Waals surface area contributed by atoms with Gasteiger partial charge in [0.2, 0.25) is 0 Å². The molecule has 112 valence electrons. The van der Waals surface area contributed by atoms with Crippen LogP contribution in [0.25, 0.3) is 0 Å². The lowest BCUT2D eigenvalue weighted by atomic mass is 10.2. The summed E-state index contributed by atoms with van der Waals surface area (Å²) in [6.07, 6.45) is 0. The van der Waals surface area contributed by atoms with Crippen molar-refractivity contribution in [3.8, 4) is 0 Å². The summed E-state index contributed by atoms with van der Waals surface area (Å²) in [5.41, 5.74) is 0. The fourth-order valence-corrected chi connectivity index (χ4v) is 4.06. The van der Waals surface area contributed by atoms with Crippen molar-refractivity contribution < 1.29 is 55.0 Å². The number of halogens is 6. The van der Waals surface area contributed by atoms with Crippen molar-refractivity contribution in [1.29, 1.82) is 0 Å². The quantitative estimate of drug-likeness (QED) is 0.448. The van der Waals surface area contributed by atoms with E-state index in [2.05, 4.69) is 0 Å². The van der Waals surface area contributed by atoms with Crippen molar-refractivity contribution >= 4 is 15.2 Å². The van der Waals surface area contributed by atoms with Gasteiger partial charge >= 0.3 is 33.0 Å². The molecule has 0 aromatic carbocycles. The maximum Gasteiger partial charge on any atom is 0.381 e. The molecule has 1 aliphatic carbocycles. The Kier molecular flexibility index (Phi) is 3.37. The molecule has 1 aliphatic rings. The SMILES string of the molecule is O=P(O)(O)C1=C(P(=O)(O)O)C(F)(F)C(F)(F)C1(F)F. The molecule has 0 saturated carbocycles. The van der Waals surface area contributed by atoms with Gasteiger partial charge in [0.1, 0.15) is 10.6 Å². The van der Waals surface area contributed by atoms with E-state index in [9.17, 15) is 35.5 Å². The van der Waals surface area contributed by atoms with Gasteiger partial charge in [-0.05, 0) is 0 Å². The first-order chi connectivity index (χ1) is 7.99. The van der Waals surface area contributed by atoms with Crippen LogP contribution in [0.2, 0.25) is 0 Å². The monoisotopic (exact) mass is 336 g/mol. The number of hydrogen-bond acceptors (Lipinski definition) is 2. The molecule has 0 aliphatic heterocycles. The van der Waals surface area contributed by atoms with Crippen LogP contribution in [-0.2, 0) is 9.13 Å². The van der Waals surface area contributed by atoms with Crippen LogP contribution in [0.3, 0.4) is 0 Å². The largest absolute Gasteiger partial charge is 0.381 e. The first-order valence-electron chi connectivity index (χ1n) is 4.00. The molecule has 0 fully saturated rings. The van der Waals surface area contributed by atoms with Gasteiger partial charge in [0.15, 0.2) is 0 Å². The summed E-state index contributed by atoms with van der Waals surface area (Å²) in [7, 11) is -12.9. The van der Waals surface area contributed by atoms with Crippen LogP contribution in [0.1, 0.15) is 0 Å². The first kappa shape index (κ1) is 16.7. The van der Waals surface area contributed by atoms with E-state index in [1.807, 2.05) is 0 Å². The predicted octanol–water partition coefficient (Wildman–Crippen LogP) is 1.47. The molecule has 0 bridgehead atoms. The van der Waals surface area contributed by atoms with Crippen LogP contribution in [0.15, 0.2) is 10.6 Å². The Labute approximate surface area is 99.6 Å². The molecule has 0 radical (unpaired) electrons. The van der Waals surface area contributed by atoms with E-state index in [0.29, 0.717) is 0 Å². The second-order valence-corrected chi connectivity index (χ2v) is 6.58. The van der Waals surface area contributed by atoms with E-state index in [4.69, 9.17) is 19.6 Å². The molecule has 0 aromatic heterocycles. The van der Waals surface area contributed by atoms with Crippen molar-refractivity contribution in [2.45, 2.75) is 17.8 Å². The van der Waals surface area contributed by atoms with Crippen molar-refractivity contribution in [3.05, 3.63) is 10.6 Å². The van der Waals surface area contributed by atoms with E-state index >= 15 is 0 Å². The zero-order chi connectivity index (χ0) is 15.7. The molecule has 0 heterocycles. The van der Waals surface area contributed by atoms with Crippen LogP contribution < -0.4 is 0 Å². The Morgan fingerprint density at radius 3 is 1.05 bits per heavy atom. The van der Waals surface area contributed by atoms with Gasteiger partial charge in [-0.3, -0.25) is 9.13 Å². The molecule has 6 nitrogen and oxygen atoms in total. The molecule has 14 heteroatoms. The molecule has 19 heavy (non-hydrogen) atoms. The summed E-state index contributed by atoms with van der Waals surface area (Å²) in [6.45, 7) is 0.